The van der Waals surface area contributed by atoms with E-state index in [0.717, 1.165) is 6.54 Å². The molecule has 1 N–H and O–H groups in total. The van der Waals surface area contributed by atoms with Gasteiger partial charge in [-0.2, -0.15) is 0 Å². The van der Waals surface area contributed by atoms with E-state index in [0.29, 0.717) is 6.04 Å². The molecule has 1 atom stereocenters. The molecule has 2 aromatic carbocycles. The van der Waals surface area contributed by atoms with Gasteiger partial charge >= 0.3 is 0 Å². The molecule has 0 saturated carbocycles. The molecule has 17 heavy (non-hydrogen) atoms. The van der Waals surface area contributed by atoms with Crippen molar-refractivity contribution in [1.82, 2.24) is 0 Å². The summed E-state index contributed by atoms with van der Waals surface area (Å²) in [6.45, 7) is 0.956. The SMILES string of the molecule is CN1c2ccccc2NCC1c1ccccc1. The molecule has 1 unspecified atom stereocenters. The molecule has 0 aliphatic carbocycles. The summed E-state index contributed by atoms with van der Waals surface area (Å²) in [5, 5.41) is 3.50. The van der Waals surface area contributed by atoms with E-state index in [1.165, 1.54) is 16.9 Å². The summed E-state index contributed by atoms with van der Waals surface area (Å²) in [4.78, 5) is 2.35. The second-order valence-electron chi connectivity index (χ2n) is 4.44. The van der Waals surface area contributed by atoms with Crippen LogP contribution in [0.5, 0.6) is 0 Å². The molecule has 86 valence electrons. The fourth-order valence-electron chi connectivity index (χ4n) is 2.46. The summed E-state index contributed by atoms with van der Waals surface area (Å²) in [5.41, 5.74) is 3.85. The van der Waals surface area contributed by atoms with Crippen LogP contribution >= 0.6 is 0 Å². The fourth-order valence-corrected chi connectivity index (χ4v) is 2.46. The van der Waals surface area contributed by atoms with Gasteiger partial charge in [-0.15, -0.1) is 0 Å². The number of nitrogens with zero attached hydrogens (tertiary/aromatic N) is 1. The van der Waals surface area contributed by atoms with Crippen molar-refractivity contribution in [2.24, 2.45) is 0 Å². The topological polar surface area (TPSA) is 15.3 Å². The van der Waals surface area contributed by atoms with Crippen molar-refractivity contribution in [1.29, 1.82) is 0 Å². The molecule has 0 bridgehead atoms. The average molecular weight is 224 g/mol. The molecule has 0 saturated heterocycles. The molecular weight excluding hydrogens is 208 g/mol. The van der Waals surface area contributed by atoms with E-state index in [2.05, 4.69) is 71.9 Å². The molecule has 0 radical (unpaired) electrons. The average Bonchev–Trinajstić information content (AvgIpc) is 2.40. The second-order valence-corrected chi connectivity index (χ2v) is 4.44. The number of nitrogens with one attached hydrogen (secondary N) is 1. The lowest BCUT2D eigenvalue weighted by molar-refractivity contribution is 0.685. The van der Waals surface area contributed by atoms with Gasteiger partial charge in [0.05, 0.1) is 17.4 Å². The third kappa shape index (κ3) is 1.76. The Balaban J connectivity index is 1.97. The van der Waals surface area contributed by atoms with Gasteiger partial charge in [0.1, 0.15) is 0 Å². The van der Waals surface area contributed by atoms with Gasteiger partial charge in [0.15, 0.2) is 0 Å². The molecule has 0 fully saturated rings. The molecular formula is C15H16N2. The highest BCUT2D eigenvalue weighted by atomic mass is 15.2. The predicted molar refractivity (Wildman–Crippen MR) is 72.5 cm³/mol. The summed E-state index contributed by atoms with van der Waals surface area (Å²) in [5.74, 6) is 0. The van der Waals surface area contributed by atoms with Crippen LogP contribution in [-0.2, 0) is 0 Å². The van der Waals surface area contributed by atoms with Crippen LogP contribution in [-0.4, -0.2) is 13.6 Å². The van der Waals surface area contributed by atoms with Gasteiger partial charge in [-0.3, -0.25) is 0 Å². The van der Waals surface area contributed by atoms with Crippen molar-refractivity contribution >= 4 is 11.4 Å². The lowest BCUT2D eigenvalue weighted by Crippen LogP contribution is -2.34. The number of rotatable bonds is 1. The summed E-state index contributed by atoms with van der Waals surface area (Å²) < 4.78 is 0. The maximum atomic E-state index is 3.50. The molecule has 0 spiro atoms. The van der Waals surface area contributed by atoms with Crippen molar-refractivity contribution in [3.63, 3.8) is 0 Å². The van der Waals surface area contributed by atoms with Crippen molar-refractivity contribution in [2.45, 2.75) is 6.04 Å². The Morgan fingerprint density at radius 1 is 1.00 bits per heavy atom. The van der Waals surface area contributed by atoms with Gasteiger partial charge in [-0.25, -0.2) is 0 Å². The fraction of sp³-hybridized carbons (Fsp3) is 0.200. The number of para-hydroxylation sites is 2. The monoisotopic (exact) mass is 224 g/mol. The minimum Gasteiger partial charge on any atom is -0.381 e. The van der Waals surface area contributed by atoms with Crippen LogP contribution in [0.1, 0.15) is 11.6 Å². The number of likely N-dealkylation sites (N-methyl/N-ethyl adjacent to an activating group) is 1. The van der Waals surface area contributed by atoms with E-state index in [4.69, 9.17) is 0 Å². The molecule has 2 aromatic rings. The number of benzene rings is 2. The van der Waals surface area contributed by atoms with E-state index < -0.39 is 0 Å². The number of fused-ring (bicyclic) bond motifs is 1. The molecule has 2 heteroatoms. The number of hydrogen-bond acceptors (Lipinski definition) is 2. The first kappa shape index (κ1) is 10.2. The quantitative estimate of drug-likeness (QED) is 0.799. The smallest absolute Gasteiger partial charge is 0.0712 e. The first-order valence-electron chi connectivity index (χ1n) is 5.97. The Morgan fingerprint density at radius 2 is 1.71 bits per heavy atom. The van der Waals surface area contributed by atoms with Crippen LogP contribution < -0.4 is 10.2 Å². The third-order valence-electron chi connectivity index (χ3n) is 3.42. The Hall–Kier alpha value is -1.96. The molecule has 0 aromatic heterocycles. The van der Waals surface area contributed by atoms with Crippen LogP contribution in [0.3, 0.4) is 0 Å². The molecule has 1 heterocycles. The van der Waals surface area contributed by atoms with Gasteiger partial charge in [-0.1, -0.05) is 42.5 Å². The van der Waals surface area contributed by atoms with E-state index in [-0.39, 0.29) is 0 Å². The molecule has 2 nitrogen and oxygen atoms in total. The molecule has 1 aliphatic rings. The van der Waals surface area contributed by atoms with Crippen LogP contribution in [0.25, 0.3) is 0 Å². The zero-order chi connectivity index (χ0) is 11.7. The van der Waals surface area contributed by atoms with Crippen LogP contribution in [0.2, 0.25) is 0 Å². The van der Waals surface area contributed by atoms with E-state index in [1.807, 2.05) is 0 Å². The summed E-state index contributed by atoms with van der Waals surface area (Å²) in [6.07, 6.45) is 0. The van der Waals surface area contributed by atoms with Gasteiger partial charge in [0.25, 0.3) is 0 Å². The third-order valence-corrected chi connectivity index (χ3v) is 3.42. The van der Waals surface area contributed by atoms with Crippen LogP contribution in [0.4, 0.5) is 11.4 Å². The first-order chi connectivity index (χ1) is 8.36. The van der Waals surface area contributed by atoms with Crippen molar-refractivity contribution in [3.8, 4) is 0 Å². The standard InChI is InChI=1S/C15H16N2/c1-17-14-10-6-5-9-13(14)16-11-15(17)12-7-3-2-4-8-12/h2-10,15-16H,11H2,1H3. The van der Waals surface area contributed by atoms with Gasteiger partial charge in [0.2, 0.25) is 0 Å². The lowest BCUT2D eigenvalue weighted by Gasteiger charge is -2.37. The maximum absolute atomic E-state index is 3.50. The Bertz CT molecular complexity index is 507. The number of hydrogen-bond donors (Lipinski definition) is 1. The minimum atomic E-state index is 0.408. The van der Waals surface area contributed by atoms with Crippen LogP contribution in [0.15, 0.2) is 54.6 Å². The normalized spacial score (nSPS) is 18.4. The summed E-state index contributed by atoms with van der Waals surface area (Å²) in [7, 11) is 2.16. The zero-order valence-electron chi connectivity index (χ0n) is 9.93. The number of anilines is 2. The van der Waals surface area contributed by atoms with Gasteiger partial charge in [-0.05, 0) is 17.7 Å². The Morgan fingerprint density at radius 3 is 2.53 bits per heavy atom. The highest BCUT2D eigenvalue weighted by molar-refractivity contribution is 5.72. The van der Waals surface area contributed by atoms with Crippen molar-refractivity contribution < 1.29 is 0 Å². The van der Waals surface area contributed by atoms with Gasteiger partial charge in [0, 0.05) is 13.6 Å². The maximum Gasteiger partial charge on any atom is 0.0712 e. The predicted octanol–water partition coefficient (Wildman–Crippen LogP) is 3.29. The molecule has 1 aliphatic heterocycles. The Labute approximate surface area is 102 Å². The van der Waals surface area contributed by atoms with Crippen molar-refractivity contribution in [2.75, 3.05) is 23.8 Å². The van der Waals surface area contributed by atoms with Crippen molar-refractivity contribution in [3.05, 3.63) is 60.2 Å². The summed E-state index contributed by atoms with van der Waals surface area (Å²) >= 11 is 0. The first-order valence-corrected chi connectivity index (χ1v) is 5.97. The lowest BCUT2D eigenvalue weighted by atomic mass is 10.0. The second kappa shape index (κ2) is 4.13. The van der Waals surface area contributed by atoms with E-state index in [1.54, 1.807) is 0 Å². The molecule has 3 rings (SSSR count). The van der Waals surface area contributed by atoms with Gasteiger partial charge < -0.3 is 10.2 Å². The highest BCUT2D eigenvalue weighted by Crippen LogP contribution is 2.35. The van der Waals surface area contributed by atoms with Crippen LogP contribution in [0, 0.1) is 0 Å². The molecule has 0 amide bonds. The Kier molecular flexibility index (Phi) is 2.48. The minimum absolute atomic E-state index is 0.408. The summed E-state index contributed by atoms with van der Waals surface area (Å²) in [6, 6.07) is 19.5. The zero-order valence-corrected chi connectivity index (χ0v) is 9.93. The van der Waals surface area contributed by atoms with E-state index >= 15 is 0 Å². The van der Waals surface area contributed by atoms with E-state index in [9.17, 15) is 0 Å². The largest absolute Gasteiger partial charge is 0.381 e. The highest BCUT2D eigenvalue weighted by Gasteiger charge is 2.23.